The first kappa shape index (κ1) is 146. The lowest BCUT2D eigenvalue weighted by atomic mass is 9.91. The summed E-state index contributed by atoms with van der Waals surface area (Å²) in [5.74, 6) is -29.7. The zero-order chi connectivity index (χ0) is 115. The third-order valence-corrected chi connectivity index (χ3v) is 19.5. The van der Waals surface area contributed by atoms with Gasteiger partial charge >= 0.3 is 132 Å². The first-order valence-corrected chi connectivity index (χ1v) is 44.9. The van der Waals surface area contributed by atoms with Gasteiger partial charge in [-0.1, -0.05) is 41.5 Å². The van der Waals surface area contributed by atoms with Crippen molar-refractivity contribution in [1.82, 2.24) is 0 Å². The molecule has 0 aliphatic carbocycles. The molecule has 146 heavy (non-hydrogen) atoms. The van der Waals surface area contributed by atoms with Gasteiger partial charge in [-0.05, 0) is 149 Å². The van der Waals surface area contributed by atoms with Crippen molar-refractivity contribution in [1.29, 1.82) is 0 Å². The molecule has 0 N–H and O–H groups in total. The lowest BCUT2D eigenvalue weighted by molar-refractivity contribution is -0.217. The second-order valence-corrected chi connectivity index (χ2v) is 35.4. The van der Waals surface area contributed by atoms with Crippen molar-refractivity contribution in [2.75, 3.05) is 86.4 Å². The Morgan fingerprint density at radius 3 is 0.582 bits per heavy atom. The molecule has 56 heteroatoms. The van der Waals surface area contributed by atoms with Crippen LogP contribution in [-0.4, -0.2) is 254 Å². The van der Waals surface area contributed by atoms with Crippen LogP contribution < -0.4 is 0 Å². The van der Waals surface area contributed by atoms with Gasteiger partial charge in [0.05, 0.1) is 123 Å². The average molecular weight is 2170 g/mol. The minimum Gasteiger partial charge on any atom is -0.465 e. The Balaban J connectivity index is -0.000000404. The largest absolute Gasteiger partial charge is 0.465 e. The quantitative estimate of drug-likeness (QED) is 0.0136. The zero-order valence-electron chi connectivity index (χ0n) is 85.5. The normalized spacial score (nSPS) is 12.5. The summed E-state index contributed by atoms with van der Waals surface area (Å²) in [4.78, 5) is 205. The summed E-state index contributed by atoms with van der Waals surface area (Å²) in [7, 11) is 0. The van der Waals surface area contributed by atoms with E-state index in [4.69, 9.17) is 37.9 Å². The molecule has 0 aliphatic rings. The molecule has 2 unspecified atom stereocenters. The summed E-state index contributed by atoms with van der Waals surface area (Å²) in [6, 6.07) is 0. The SMILES string of the molecule is CCC(C)(C)C(=O)OCCOC(=O)CCC(=O)OC(C)C(F)(F)F.CCC(C)(C)C(=O)OCCOC(=O)CCC(=O)OCCC(F)(F)CC(C)(F)F.CCC(C)(C)C(=O)OCCOC(=O)CCC(=O)OCCC(F)(F)F.CCC(C)(C)C(=O)OCOC(=O)CC(=O)OC(C)C(F)(F)F.CCC(C)(C)C(=O)OCOC(=O)CC(=O)OCCC(F)(F)CC(C)(F)F.CCC(C)(C)C(=O)OCOC(=O)CC(=O)OCCC(F)(F)F. The number of esters is 18. The van der Waals surface area contributed by atoms with Gasteiger partial charge in [-0.15, -0.1) is 0 Å². The fraction of sp³-hybridized carbons (Fsp3) is 0.800. The maximum absolute atomic E-state index is 13.2. The van der Waals surface area contributed by atoms with E-state index >= 15 is 0 Å². The van der Waals surface area contributed by atoms with Crippen LogP contribution in [0.2, 0.25) is 0 Å². The first-order valence-electron chi connectivity index (χ1n) is 44.9. The van der Waals surface area contributed by atoms with E-state index in [0.717, 1.165) is 0 Å². The van der Waals surface area contributed by atoms with Gasteiger partial charge in [0.1, 0.15) is 58.9 Å². The van der Waals surface area contributed by atoms with Crippen LogP contribution in [0.5, 0.6) is 0 Å². The zero-order valence-corrected chi connectivity index (χ0v) is 85.5. The molecule has 0 bridgehead atoms. The van der Waals surface area contributed by atoms with Crippen molar-refractivity contribution < 1.29 is 259 Å². The van der Waals surface area contributed by atoms with Crippen LogP contribution in [-0.2, 0) is 172 Å². The van der Waals surface area contributed by atoms with E-state index < -0.39 is 324 Å². The number of alkyl halides is 20. The highest BCUT2D eigenvalue weighted by atomic mass is 19.4. The third kappa shape index (κ3) is 81.2. The number of halogens is 20. The molecule has 0 fully saturated rings. The van der Waals surface area contributed by atoms with Gasteiger partial charge in [-0.25, -0.2) is 35.1 Å². The molecular formula is C90H136F20O36. The van der Waals surface area contributed by atoms with Gasteiger partial charge in [-0.2, -0.15) is 52.7 Å². The molecule has 0 heterocycles. The summed E-state index contributed by atoms with van der Waals surface area (Å²) in [6.45, 7) is 26.9. The van der Waals surface area contributed by atoms with Crippen molar-refractivity contribution in [3.05, 3.63) is 0 Å². The number of hydrogen-bond donors (Lipinski definition) is 0. The average Bonchev–Trinajstić information content (AvgIpc) is 0.884. The molecule has 0 aromatic rings. The molecule has 0 spiro atoms. The summed E-state index contributed by atoms with van der Waals surface area (Å²) >= 11 is 0. The maximum atomic E-state index is 13.2. The van der Waals surface area contributed by atoms with E-state index in [1.165, 1.54) is 0 Å². The number of ether oxygens (including phenoxy) is 18. The third-order valence-electron chi connectivity index (χ3n) is 19.5. The molecule has 0 rings (SSSR count). The summed E-state index contributed by atoms with van der Waals surface area (Å²) < 4.78 is 329. The monoisotopic (exact) mass is 2170 g/mol. The smallest absolute Gasteiger partial charge is 0.425 e. The van der Waals surface area contributed by atoms with E-state index in [1.807, 2.05) is 20.8 Å². The van der Waals surface area contributed by atoms with Gasteiger partial charge in [0.25, 0.3) is 23.7 Å². The second kappa shape index (κ2) is 69.3. The van der Waals surface area contributed by atoms with Crippen LogP contribution in [0.4, 0.5) is 87.8 Å². The van der Waals surface area contributed by atoms with Gasteiger partial charge in [0, 0.05) is 12.8 Å². The Morgan fingerprint density at radius 2 is 0.377 bits per heavy atom. The number of hydrogen-bond acceptors (Lipinski definition) is 36. The predicted molar refractivity (Wildman–Crippen MR) is 461 cm³/mol. The Kier molecular flexibility index (Phi) is 69.2. The molecule has 0 saturated heterocycles. The van der Waals surface area contributed by atoms with Crippen molar-refractivity contribution >= 4 is 107 Å². The van der Waals surface area contributed by atoms with Crippen molar-refractivity contribution in [2.45, 2.75) is 348 Å². The Bertz CT molecular complexity index is 4010. The minimum absolute atomic E-state index is 0.107. The molecule has 0 saturated carbocycles. The highest BCUT2D eigenvalue weighted by Crippen LogP contribution is 2.36. The predicted octanol–water partition coefficient (Wildman–Crippen LogP) is 17.6. The van der Waals surface area contributed by atoms with Crippen LogP contribution in [0.25, 0.3) is 0 Å². The van der Waals surface area contributed by atoms with Gasteiger partial charge in [0.2, 0.25) is 20.4 Å². The first-order chi connectivity index (χ1) is 66.1. The molecule has 0 aliphatic heterocycles. The lowest BCUT2D eigenvalue weighted by Gasteiger charge is -2.20. The molecule has 0 amide bonds. The van der Waals surface area contributed by atoms with E-state index in [-0.39, 0.29) is 58.9 Å². The van der Waals surface area contributed by atoms with E-state index in [2.05, 4.69) is 47.4 Å². The van der Waals surface area contributed by atoms with Crippen molar-refractivity contribution in [2.24, 2.45) is 32.5 Å². The fourth-order valence-corrected chi connectivity index (χ4v) is 7.84. The molecule has 0 aromatic carbocycles. The van der Waals surface area contributed by atoms with E-state index in [1.54, 1.807) is 104 Å². The highest BCUT2D eigenvalue weighted by Gasteiger charge is 2.44. The fourth-order valence-electron chi connectivity index (χ4n) is 7.84. The minimum atomic E-state index is -4.71. The van der Waals surface area contributed by atoms with Crippen molar-refractivity contribution in [3.63, 3.8) is 0 Å². The maximum Gasteiger partial charge on any atom is 0.425 e. The van der Waals surface area contributed by atoms with E-state index in [0.29, 0.717) is 66.2 Å². The van der Waals surface area contributed by atoms with Crippen molar-refractivity contribution in [3.8, 4) is 0 Å². The van der Waals surface area contributed by atoms with E-state index in [9.17, 15) is 174 Å². The topological polar surface area (TPSA) is 473 Å². The molecule has 852 valence electrons. The van der Waals surface area contributed by atoms with Crippen LogP contribution in [0.1, 0.15) is 287 Å². The molecule has 0 radical (unpaired) electrons. The molecular weight excluding hydrogens is 2040 g/mol. The van der Waals surface area contributed by atoms with Crippen LogP contribution in [0.15, 0.2) is 0 Å². The second-order valence-electron chi connectivity index (χ2n) is 35.4. The Hall–Kier alpha value is -10.9. The van der Waals surface area contributed by atoms with Crippen LogP contribution >= 0.6 is 0 Å². The summed E-state index contributed by atoms with van der Waals surface area (Å²) in [5.41, 5.74) is -4.15. The Labute approximate surface area is 831 Å². The summed E-state index contributed by atoms with van der Waals surface area (Å²) in [5, 5.41) is 0. The summed E-state index contributed by atoms with van der Waals surface area (Å²) in [6.07, 6.45) is -32.6. The number of carbonyl (C=O) groups excluding carboxylic acids is 18. The number of rotatable bonds is 58. The van der Waals surface area contributed by atoms with Crippen LogP contribution in [0.3, 0.4) is 0 Å². The van der Waals surface area contributed by atoms with Gasteiger partial charge < -0.3 is 85.3 Å². The number of carbonyl (C=O) groups is 18. The molecule has 2 atom stereocenters. The van der Waals surface area contributed by atoms with Gasteiger partial charge in [0.15, 0.2) is 12.2 Å². The molecule has 0 aromatic heterocycles. The lowest BCUT2D eigenvalue weighted by Crippen LogP contribution is -2.32. The van der Waals surface area contributed by atoms with Gasteiger partial charge in [-0.3, -0.25) is 86.3 Å². The standard InChI is InChI=1S/C18H28F4O6.C16H24F4O6.2C15H23F3O6.2C13H19F3O6/c1-5-16(2,3)15(25)28-11-10-27-14(24)7-6-13(23)26-9-8-18(21,22)12-17(4,19)20;1-5-14(2,3)13(23)26-10-25-12(22)8-11(21)24-7-6-16(19,20)9-15(4,17)18;1-5-14(3,4)13(21)23-9-8-22-11(19)6-7-12(20)24-10(2)15(16,17)18;1-4-14(2,3)13(21)24-10-9-23-12(20)6-5-11(19)22-8-7-15(16,17)18;1-5-12(3,4)11(19)21-7-20-9(17)6-10(18)22-8(2)13(14,15)16;1-4-12(2,3)11(19)22-8-21-10(18)7-9(17)20-6-5-13(14,15)16/h5-12H2,1-4H3;5-10H2,1-4H3;10H,5-9H2,1-4H3;4-10H2,1-3H3;8H,5-7H2,1-4H3;4-8H2,1-3H3. The Morgan fingerprint density at radius 1 is 0.205 bits per heavy atom. The highest BCUT2D eigenvalue weighted by molar-refractivity contribution is 5.92. The van der Waals surface area contributed by atoms with Crippen LogP contribution in [0, 0.1) is 32.5 Å². The molecule has 36 nitrogen and oxygen atoms in total.